The van der Waals surface area contributed by atoms with Gasteiger partial charge in [0, 0.05) is 61.3 Å². The van der Waals surface area contributed by atoms with E-state index in [0.717, 1.165) is 24.3 Å². The topological polar surface area (TPSA) is 497 Å². The van der Waals surface area contributed by atoms with Crippen LogP contribution in [0.25, 0.3) is 0 Å². The third kappa shape index (κ3) is 22.0. The normalized spacial score (nSPS) is 20.6. The standard InChI is InChI=1S/C17H24N2O10S3.C12H17ClN2O6S3.C10H16N2O4S3.C5H8O4.C2H2Cl2O2/c1-5-19(17(22)28-8-27-15(21)10(3)29-11(4)20)13-6-9(2)31(23,24)16-12(13)7-14(30-16)32(18,25)26;1-3-15(12(16)21-6-13)9-4-7(2)23(17,18)11-8(9)5-10(22-11)24(14,19)20;1-3-12-8-4-6(2)18(13,14)10-7(8)5-9(17-10)19(11,15)16;1-3(5(7)8)9-4(2)6;3-1-6-2(4)5/h7,9-10,13H,5-6,8H2,1-4H3,(H2,18,25,26);5,7,9H,3-4,6H2,1-2H3,(H2,14,19,20);5-6,8,12H,3-4H2,1-2H3,(H2,11,15,16);3H,1-2H3,(H,7,8);1H2/t9-,10-,13-;7-,9-;6-,8-;3-;/m0000./s1. The van der Waals surface area contributed by atoms with Gasteiger partial charge in [-0.05, 0) is 92.5 Å². The number of carbonyl (C=O) groups is 7. The molecule has 0 saturated carbocycles. The predicted molar refractivity (Wildman–Crippen MR) is 325 cm³/mol. The fourth-order valence-electron chi connectivity index (χ4n) is 8.25. The summed E-state index contributed by atoms with van der Waals surface area (Å²) in [4.78, 5) is 79.4. The Hall–Kier alpha value is -4.60. The third-order valence-electron chi connectivity index (χ3n) is 12.5. The minimum Gasteiger partial charge on any atom is -0.479 e. The lowest BCUT2D eigenvalue weighted by atomic mass is 10.0. The number of amides is 2. The fraction of sp³-hybridized carbons (Fsp3) is 0.587. The monoisotopic (exact) mass is 1510 g/mol. The second-order valence-corrected chi connectivity index (χ2v) is 35.8. The molecule has 3 aromatic heterocycles. The van der Waals surface area contributed by atoms with E-state index in [4.69, 9.17) is 57.9 Å². The van der Waals surface area contributed by atoms with E-state index in [1.807, 2.05) is 6.92 Å². The number of nitrogens with one attached hydrogen (secondary N) is 1. The van der Waals surface area contributed by atoms with Gasteiger partial charge in [-0.3, -0.25) is 9.59 Å². The summed E-state index contributed by atoms with van der Waals surface area (Å²) in [5.41, 5.74) is 0.0332. The van der Waals surface area contributed by atoms with Crippen molar-refractivity contribution in [3.05, 3.63) is 34.9 Å². The number of carboxylic acids is 1. The van der Waals surface area contributed by atoms with Crippen molar-refractivity contribution >= 4 is 170 Å². The summed E-state index contributed by atoms with van der Waals surface area (Å²) in [6.07, 6.45) is -3.27. The highest BCUT2D eigenvalue weighted by Gasteiger charge is 2.45. The maximum atomic E-state index is 12.7. The minimum atomic E-state index is -4.16. The van der Waals surface area contributed by atoms with Crippen LogP contribution in [0.2, 0.25) is 0 Å². The van der Waals surface area contributed by atoms with Crippen LogP contribution in [0.4, 0.5) is 14.4 Å². The number of sulfonamides is 3. The molecule has 44 heteroatoms. The lowest BCUT2D eigenvalue weighted by Crippen LogP contribution is -2.41. The number of carboxylic acid groups (broad SMARTS) is 1. The molecule has 3 aromatic rings. The SMILES string of the molecule is CC(=O)O[C@@H](C)C(=O)O.CCN(C(=O)OCCl)[C@H]1C[C@H](C)S(=O)(=O)c2sc(S(N)(=O)=O)cc21.CCN(C(=O)OCOC(=O)[C@H](C)OC(C)=O)[C@H]1C[C@H](C)S(=O)(=O)c2sc(S(N)(=O)=O)cc21.CCN[C@H]1C[C@H](C)S(=O)(=O)c2sc(S(N)(=O)=O)cc21.O=C(Cl)OCCl. The molecule has 0 fully saturated rings. The van der Waals surface area contributed by atoms with Crippen LogP contribution < -0.4 is 20.7 Å². The average Bonchev–Trinajstić information content (AvgIpc) is 1.56. The van der Waals surface area contributed by atoms with Crippen molar-refractivity contribution in [1.82, 2.24) is 15.1 Å². The molecule has 8 atom stereocenters. The number of esters is 3. The van der Waals surface area contributed by atoms with Crippen molar-refractivity contribution in [2.75, 3.05) is 38.6 Å². The number of hydrogen-bond donors (Lipinski definition) is 5. The summed E-state index contributed by atoms with van der Waals surface area (Å²) in [7, 11) is -23.0. The van der Waals surface area contributed by atoms with Crippen molar-refractivity contribution in [3.63, 3.8) is 0 Å². The van der Waals surface area contributed by atoms with Gasteiger partial charge in [-0.25, -0.2) is 89.9 Å². The molecule has 3 aliphatic heterocycles. The summed E-state index contributed by atoms with van der Waals surface area (Å²) in [6.45, 7) is 15.0. The van der Waals surface area contributed by atoms with Gasteiger partial charge in [0.15, 0.2) is 53.9 Å². The zero-order valence-corrected chi connectivity index (χ0v) is 58.9. The van der Waals surface area contributed by atoms with Gasteiger partial charge in [-0.15, -0.1) is 34.0 Å². The Bertz CT molecular complexity index is 3810. The van der Waals surface area contributed by atoms with Gasteiger partial charge >= 0.3 is 41.5 Å². The maximum Gasteiger partial charge on any atom is 0.413 e. The highest BCUT2D eigenvalue weighted by Crippen LogP contribution is 2.47. The third-order valence-corrected chi connectivity index (χ3v) is 28.8. The van der Waals surface area contributed by atoms with Crippen LogP contribution in [0.5, 0.6) is 0 Å². The molecule has 0 spiro atoms. The highest BCUT2D eigenvalue weighted by atomic mass is 35.5. The first-order valence-corrected chi connectivity index (χ1v) is 38.9. The van der Waals surface area contributed by atoms with Crippen LogP contribution in [-0.4, -0.2) is 173 Å². The molecule has 0 saturated heterocycles. The molecule has 3 aliphatic rings. The smallest absolute Gasteiger partial charge is 0.413 e. The van der Waals surface area contributed by atoms with E-state index in [9.17, 15) is 84.1 Å². The highest BCUT2D eigenvalue weighted by molar-refractivity contribution is 7.96. The van der Waals surface area contributed by atoms with Crippen LogP contribution in [0.3, 0.4) is 0 Å². The Balaban J connectivity index is 0.000000421. The van der Waals surface area contributed by atoms with Gasteiger partial charge in [0.2, 0.25) is 36.9 Å². The first-order valence-electron chi connectivity index (χ1n) is 25.7. The van der Waals surface area contributed by atoms with Gasteiger partial charge in [-0.2, -0.15) is 0 Å². The summed E-state index contributed by atoms with van der Waals surface area (Å²) in [6, 6.07) is 1.66. The van der Waals surface area contributed by atoms with Crippen molar-refractivity contribution in [2.24, 2.45) is 15.4 Å². The second kappa shape index (κ2) is 34.0. The number of primary sulfonamides is 3. The number of carbonyl (C=O) groups excluding carboxylic acids is 6. The van der Waals surface area contributed by atoms with Crippen LogP contribution in [0.15, 0.2) is 43.5 Å². The number of sulfone groups is 3. The Morgan fingerprint density at radius 1 is 0.600 bits per heavy atom. The first kappa shape index (κ1) is 81.5. The van der Waals surface area contributed by atoms with Gasteiger partial charge in [0.1, 0.15) is 25.3 Å². The Morgan fingerprint density at radius 2 is 0.944 bits per heavy atom. The van der Waals surface area contributed by atoms with E-state index in [1.54, 1.807) is 20.8 Å². The molecule has 8 N–H and O–H groups in total. The lowest BCUT2D eigenvalue weighted by molar-refractivity contribution is -0.171. The maximum absolute atomic E-state index is 12.7. The zero-order chi connectivity index (χ0) is 69.6. The van der Waals surface area contributed by atoms with E-state index in [1.165, 1.54) is 56.6 Å². The number of alkyl halides is 2. The van der Waals surface area contributed by atoms with Crippen molar-refractivity contribution < 1.29 is 118 Å². The molecule has 0 aliphatic carbocycles. The summed E-state index contributed by atoms with van der Waals surface area (Å²) >= 11 is 16.8. The van der Waals surface area contributed by atoms with Crippen LogP contribution in [-0.2, 0) is 107 Å². The molecule has 90 heavy (non-hydrogen) atoms. The van der Waals surface area contributed by atoms with E-state index in [2.05, 4.69) is 31.1 Å². The van der Waals surface area contributed by atoms with Crippen LogP contribution in [0, 0.1) is 0 Å². The van der Waals surface area contributed by atoms with Crippen LogP contribution in [0.1, 0.15) is 123 Å². The van der Waals surface area contributed by atoms with Gasteiger partial charge in [0.05, 0.1) is 27.8 Å². The van der Waals surface area contributed by atoms with E-state index < -0.39 is 148 Å². The summed E-state index contributed by atoms with van der Waals surface area (Å²) in [5, 5.41) is 24.5. The van der Waals surface area contributed by atoms with E-state index in [0.29, 0.717) is 41.2 Å². The molecule has 512 valence electrons. The Labute approximate surface area is 547 Å². The van der Waals surface area contributed by atoms with Crippen LogP contribution >= 0.6 is 68.8 Å². The molecule has 0 unspecified atom stereocenters. The van der Waals surface area contributed by atoms with Gasteiger partial charge < -0.3 is 48.6 Å². The number of hydrogen-bond acceptors (Lipinski definition) is 29. The Kier molecular flexibility index (Phi) is 30.8. The molecular formula is C46H67Cl3N6O26S9. The number of ether oxygens (including phenoxy) is 6. The number of halogens is 3. The van der Waals surface area contributed by atoms with Crippen molar-refractivity contribution in [3.8, 4) is 0 Å². The lowest BCUT2D eigenvalue weighted by Gasteiger charge is -2.35. The number of nitrogens with two attached hydrogens (primary N) is 3. The molecule has 32 nitrogen and oxygen atoms in total. The zero-order valence-electron chi connectivity index (χ0n) is 49.3. The number of thiophene rings is 3. The number of aliphatic carboxylic acids is 1. The molecule has 6 rings (SSSR count). The predicted octanol–water partition coefficient (Wildman–Crippen LogP) is 4.76. The quantitative estimate of drug-likeness (QED) is 0.0399. The number of nitrogens with zero attached hydrogens (tertiary/aromatic N) is 2. The summed E-state index contributed by atoms with van der Waals surface area (Å²) < 4.78 is 171. The number of rotatable bonds is 17. The number of fused-ring (bicyclic) bond motifs is 3. The fourth-order valence-corrected chi connectivity index (χ4v) is 21.8. The molecule has 6 heterocycles. The second-order valence-electron chi connectivity index (χ2n) is 18.9. The molecule has 0 aromatic carbocycles. The summed E-state index contributed by atoms with van der Waals surface area (Å²) in [5.74, 6) is -3.32. The molecule has 0 bridgehead atoms. The first-order chi connectivity index (χ1) is 41.2. The van der Waals surface area contributed by atoms with Gasteiger partial charge in [-0.1, -0.05) is 30.1 Å². The van der Waals surface area contributed by atoms with Crippen molar-refractivity contribution in [1.29, 1.82) is 0 Å². The average molecular weight is 1520 g/mol. The molecule has 0 radical (unpaired) electrons. The van der Waals surface area contributed by atoms with Gasteiger partial charge in [0.25, 0.3) is 0 Å². The molecular weight excluding hydrogens is 1450 g/mol. The Morgan fingerprint density at radius 3 is 1.24 bits per heavy atom. The van der Waals surface area contributed by atoms with E-state index in [-0.39, 0.29) is 80.5 Å². The minimum absolute atomic E-state index is 0.00232. The van der Waals surface area contributed by atoms with E-state index >= 15 is 0 Å². The largest absolute Gasteiger partial charge is 0.479 e. The van der Waals surface area contributed by atoms with Crippen molar-refractivity contribution in [2.45, 2.75) is 160 Å². The molecule has 2 amide bonds.